The lowest BCUT2D eigenvalue weighted by molar-refractivity contribution is -0.121. The van der Waals surface area contributed by atoms with Gasteiger partial charge in [-0.3, -0.25) is 4.79 Å². The van der Waals surface area contributed by atoms with Crippen molar-refractivity contribution in [3.05, 3.63) is 24.3 Å². The minimum absolute atomic E-state index is 0.197. The Bertz CT molecular complexity index is 762. The van der Waals surface area contributed by atoms with Crippen molar-refractivity contribution in [2.45, 2.75) is 70.4 Å². The van der Waals surface area contributed by atoms with Gasteiger partial charge in [-0.15, -0.1) is 0 Å². The van der Waals surface area contributed by atoms with E-state index in [2.05, 4.69) is 46.0 Å². The van der Waals surface area contributed by atoms with Gasteiger partial charge in [-0.1, -0.05) is 38.3 Å². The summed E-state index contributed by atoms with van der Waals surface area (Å²) in [5.74, 6) is 1.30. The van der Waals surface area contributed by atoms with Gasteiger partial charge >= 0.3 is 0 Å². The number of unbranched alkanes of at least 4 members (excludes halogenated alkanes) is 1. The predicted molar refractivity (Wildman–Crippen MR) is 106 cm³/mol. The van der Waals surface area contributed by atoms with Gasteiger partial charge in [0.1, 0.15) is 0 Å². The second kappa shape index (κ2) is 7.68. The number of nitrogens with one attached hydrogen (secondary N) is 1. The van der Waals surface area contributed by atoms with Crippen LogP contribution in [0.1, 0.15) is 64.3 Å². The molecular formula is C21H30N4O. The van der Waals surface area contributed by atoms with Crippen molar-refractivity contribution in [2.24, 2.45) is 0 Å². The van der Waals surface area contributed by atoms with Crippen molar-refractivity contribution < 1.29 is 4.79 Å². The molecule has 1 amide bonds. The first-order valence-corrected chi connectivity index (χ1v) is 10.3. The maximum Gasteiger partial charge on any atom is 0.220 e. The Morgan fingerprint density at radius 2 is 2.04 bits per heavy atom. The summed E-state index contributed by atoms with van der Waals surface area (Å²) in [6.07, 6.45) is 8.81. The quantitative estimate of drug-likeness (QED) is 0.852. The number of fused-ring (bicyclic) bond motifs is 1. The number of benzene rings is 1. The first-order chi connectivity index (χ1) is 12.8. The van der Waals surface area contributed by atoms with Crippen molar-refractivity contribution in [1.29, 1.82) is 0 Å². The number of rotatable bonds is 6. The topological polar surface area (TPSA) is 50.2 Å². The molecule has 5 heteroatoms. The van der Waals surface area contributed by atoms with Crippen LogP contribution in [0.3, 0.4) is 0 Å². The second-order valence-electron chi connectivity index (χ2n) is 7.81. The maximum absolute atomic E-state index is 12.1. The van der Waals surface area contributed by atoms with Gasteiger partial charge in [-0.25, -0.2) is 4.98 Å². The van der Waals surface area contributed by atoms with Gasteiger partial charge in [0.05, 0.1) is 11.0 Å². The molecule has 2 fully saturated rings. The maximum atomic E-state index is 12.1. The molecule has 2 heterocycles. The number of amides is 1. The normalized spacial score (nSPS) is 21.0. The minimum atomic E-state index is 0.197. The number of imidazole rings is 1. The zero-order chi connectivity index (χ0) is 17.9. The summed E-state index contributed by atoms with van der Waals surface area (Å²) >= 11 is 0. The van der Waals surface area contributed by atoms with Gasteiger partial charge in [0.2, 0.25) is 11.9 Å². The lowest BCUT2D eigenvalue weighted by atomic mass is 10.2. The van der Waals surface area contributed by atoms with Crippen molar-refractivity contribution in [3.63, 3.8) is 0 Å². The molecule has 140 valence electrons. The lowest BCUT2D eigenvalue weighted by Gasteiger charge is -2.23. The molecule has 1 N–H and O–H groups in total. The van der Waals surface area contributed by atoms with Crippen molar-refractivity contribution in [2.75, 3.05) is 18.0 Å². The monoisotopic (exact) mass is 354 g/mol. The van der Waals surface area contributed by atoms with E-state index >= 15 is 0 Å². The van der Waals surface area contributed by atoms with E-state index < -0.39 is 0 Å². The Labute approximate surface area is 155 Å². The summed E-state index contributed by atoms with van der Waals surface area (Å²) in [5, 5.41) is 3.22. The fourth-order valence-electron chi connectivity index (χ4n) is 4.47. The van der Waals surface area contributed by atoms with Gasteiger partial charge < -0.3 is 14.8 Å². The van der Waals surface area contributed by atoms with Crippen LogP contribution >= 0.6 is 0 Å². The Kier molecular flexibility index (Phi) is 5.14. The number of hydrogen-bond donors (Lipinski definition) is 1. The molecule has 5 nitrogen and oxygen atoms in total. The van der Waals surface area contributed by atoms with Gasteiger partial charge in [0.25, 0.3) is 0 Å². The number of aromatic nitrogens is 2. The van der Waals surface area contributed by atoms with E-state index in [-0.39, 0.29) is 11.9 Å². The second-order valence-corrected chi connectivity index (χ2v) is 7.81. The summed E-state index contributed by atoms with van der Waals surface area (Å²) in [6.45, 7) is 3.96. The van der Waals surface area contributed by atoms with Crippen LogP contribution in [0.4, 0.5) is 5.95 Å². The number of para-hydroxylation sites is 2. The zero-order valence-electron chi connectivity index (χ0n) is 15.8. The standard InChI is InChI=1S/C21H30N4O/c1-2-3-12-20(26)22-16-13-14-24(15-16)21-23-18-10-6-7-11-19(18)25(21)17-8-4-5-9-17/h6-7,10-11,16-17H,2-5,8-9,12-15H2,1H3,(H,22,26). The molecular weight excluding hydrogens is 324 g/mol. The highest BCUT2D eigenvalue weighted by molar-refractivity contribution is 5.79. The predicted octanol–water partition coefficient (Wildman–Crippen LogP) is 4.04. The first-order valence-electron chi connectivity index (χ1n) is 10.3. The molecule has 1 saturated heterocycles. The van der Waals surface area contributed by atoms with E-state index in [1.165, 1.54) is 31.2 Å². The number of nitrogens with zero attached hydrogens (tertiary/aromatic N) is 3. The van der Waals surface area contributed by atoms with E-state index in [1.54, 1.807) is 0 Å². The highest BCUT2D eigenvalue weighted by atomic mass is 16.1. The molecule has 0 bridgehead atoms. The fraction of sp³-hybridized carbons (Fsp3) is 0.619. The van der Waals surface area contributed by atoms with E-state index in [0.717, 1.165) is 43.8 Å². The van der Waals surface area contributed by atoms with Crippen molar-refractivity contribution in [3.8, 4) is 0 Å². The van der Waals surface area contributed by atoms with E-state index in [1.807, 2.05) is 0 Å². The molecule has 2 aliphatic rings. The Balaban J connectivity index is 1.53. The van der Waals surface area contributed by atoms with Crippen LogP contribution in [-0.2, 0) is 4.79 Å². The first kappa shape index (κ1) is 17.4. The molecule has 1 atom stereocenters. The van der Waals surface area contributed by atoms with Crippen LogP contribution in [0, 0.1) is 0 Å². The van der Waals surface area contributed by atoms with Gasteiger partial charge in [-0.05, 0) is 37.8 Å². The third kappa shape index (κ3) is 3.44. The summed E-state index contributed by atoms with van der Waals surface area (Å²) in [6, 6.07) is 9.31. The largest absolute Gasteiger partial charge is 0.352 e. The minimum Gasteiger partial charge on any atom is -0.352 e. The number of anilines is 1. The van der Waals surface area contributed by atoms with E-state index in [9.17, 15) is 4.79 Å². The molecule has 1 aromatic heterocycles. The Hall–Kier alpha value is -2.04. The molecule has 1 unspecified atom stereocenters. The molecule has 2 aromatic rings. The summed E-state index contributed by atoms with van der Waals surface area (Å²) in [4.78, 5) is 19.4. The Morgan fingerprint density at radius 1 is 1.23 bits per heavy atom. The zero-order valence-corrected chi connectivity index (χ0v) is 15.8. The van der Waals surface area contributed by atoms with Crippen LogP contribution in [0.2, 0.25) is 0 Å². The van der Waals surface area contributed by atoms with Crippen molar-refractivity contribution >= 4 is 22.9 Å². The Morgan fingerprint density at radius 3 is 2.85 bits per heavy atom. The van der Waals surface area contributed by atoms with Crippen molar-refractivity contribution in [1.82, 2.24) is 14.9 Å². The highest BCUT2D eigenvalue weighted by Crippen LogP contribution is 2.37. The van der Waals surface area contributed by atoms with Crippen LogP contribution in [0.5, 0.6) is 0 Å². The van der Waals surface area contributed by atoms with E-state index in [0.29, 0.717) is 12.5 Å². The highest BCUT2D eigenvalue weighted by Gasteiger charge is 2.30. The third-order valence-corrected chi connectivity index (χ3v) is 5.86. The van der Waals surface area contributed by atoms with Gasteiger partial charge in [-0.2, -0.15) is 0 Å². The molecule has 1 saturated carbocycles. The smallest absolute Gasteiger partial charge is 0.220 e. The van der Waals surface area contributed by atoms with Crippen LogP contribution in [-0.4, -0.2) is 34.6 Å². The summed E-state index contributed by atoms with van der Waals surface area (Å²) < 4.78 is 2.48. The third-order valence-electron chi connectivity index (χ3n) is 5.86. The lowest BCUT2D eigenvalue weighted by Crippen LogP contribution is -2.37. The van der Waals surface area contributed by atoms with Crippen LogP contribution < -0.4 is 10.2 Å². The van der Waals surface area contributed by atoms with Crippen LogP contribution in [0.25, 0.3) is 11.0 Å². The molecule has 0 radical (unpaired) electrons. The SMILES string of the molecule is CCCCC(=O)NC1CCN(c2nc3ccccc3n2C2CCCC2)C1. The summed E-state index contributed by atoms with van der Waals surface area (Å²) in [7, 11) is 0. The fourth-order valence-corrected chi connectivity index (χ4v) is 4.47. The molecule has 1 aliphatic carbocycles. The summed E-state index contributed by atoms with van der Waals surface area (Å²) in [5.41, 5.74) is 2.34. The molecule has 1 aliphatic heterocycles. The molecule has 1 aromatic carbocycles. The average molecular weight is 354 g/mol. The average Bonchev–Trinajstić information content (AvgIpc) is 3.38. The molecule has 0 spiro atoms. The molecule has 4 rings (SSSR count). The number of carbonyl (C=O) groups excluding carboxylic acids is 1. The molecule has 26 heavy (non-hydrogen) atoms. The van der Waals surface area contributed by atoms with Crippen LogP contribution in [0.15, 0.2) is 24.3 Å². The number of carbonyl (C=O) groups is 1. The van der Waals surface area contributed by atoms with Gasteiger partial charge in [0, 0.05) is 31.6 Å². The number of hydrogen-bond acceptors (Lipinski definition) is 3. The van der Waals surface area contributed by atoms with E-state index in [4.69, 9.17) is 4.98 Å². The van der Waals surface area contributed by atoms with Gasteiger partial charge in [0.15, 0.2) is 0 Å².